The first-order chi connectivity index (χ1) is 9.07. The van der Waals surface area contributed by atoms with Crippen LogP contribution < -0.4 is 10.6 Å². The molecule has 1 aliphatic rings. The zero-order chi connectivity index (χ0) is 13.9. The number of likely N-dealkylation sites (N-methyl/N-ethyl adjacent to an activating group) is 1. The van der Waals surface area contributed by atoms with E-state index in [0.29, 0.717) is 12.5 Å². The molecule has 1 aromatic heterocycles. The molecule has 6 heteroatoms. The molecular formula is C13H22FN5. The first-order valence-corrected chi connectivity index (χ1v) is 6.69. The molecular weight excluding hydrogens is 245 g/mol. The second-order valence-corrected chi connectivity index (χ2v) is 5.32. The lowest BCUT2D eigenvalue weighted by Gasteiger charge is -2.36. The van der Waals surface area contributed by atoms with Crippen LogP contribution in [0.3, 0.4) is 0 Å². The van der Waals surface area contributed by atoms with Gasteiger partial charge in [-0.1, -0.05) is 12.8 Å². The third kappa shape index (κ3) is 2.94. The van der Waals surface area contributed by atoms with Crippen molar-refractivity contribution < 1.29 is 4.39 Å². The molecule has 0 unspecified atom stereocenters. The molecule has 0 radical (unpaired) electrons. The van der Waals surface area contributed by atoms with E-state index in [0.717, 1.165) is 12.8 Å². The Hall–Kier alpha value is -1.43. The van der Waals surface area contributed by atoms with E-state index in [9.17, 15) is 4.39 Å². The maximum absolute atomic E-state index is 13.7. The van der Waals surface area contributed by atoms with E-state index in [2.05, 4.69) is 39.6 Å². The smallest absolute Gasteiger partial charge is 0.224 e. The van der Waals surface area contributed by atoms with E-state index >= 15 is 0 Å². The van der Waals surface area contributed by atoms with Crippen LogP contribution in [-0.2, 0) is 0 Å². The van der Waals surface area contributed by atoms with Crippen LogP contribution in [0.15, 0.2) is 6.20 Å². The summed E-state index contributed by atoms with van der Waals surface area (Å²) in [7, 11) is 5.89. The monoisotopic (exact) mass is 267 g/mol. The summed E-state index contributed by atoms with van der Waals surface area (Å²) in [6, 6.07) is 0. The maximum Gasteiger partial charge on any atom is 0.224 e. The van der Waals surface area contributed by atoms with Crippen LogP contribution in [0, 0.1) is 5.82 Å². The van der Waals surface area contributed by atoms with Gasteiger partial charge in [0.25, 0.3) is 0 Å². The van der Waals surface area contributed by atoms with Crippen LogP contribution in [0.2, 0.25) is 0 Å². The van der Waals surface area contributed by atoms with Gasteiger partial charge >= 0.3 is 0 Å². The highest BCUT2D eigenvalue weighted by molar-refractivity contribution is 5.41. The highest BCUT2D eigenvalue weighted by Crippen LogP contribution is 2.34. The van der Waals surface area contributed by atoms with Crippen molar-refractivity contribution in [2.24, 2.45) is 0 Å². The van der Waals surface area contributed by atoms with Crippen molar-refractivity contribution in [1.82, 2.24) is 14.9 Å². The number of nitrogens with zero attached hydrogens (tertiary/aromatic N) is 3. The first kappa shape index (κ1) is 14.0. The van der Waals surface area contributed by atoms with Gasteiger partial charge in [0, 0.05) is 19.1 Å². The van der Waals surface area contributed by atoms with Gasteiger partial charge in [-0.3, -0.25) is 0 Å². The van der Waals surface area contributed by atoms with Crippen LogP contribution in [0.25, 0.3) is 0 Å². The zero-order valence-corrected chi connectivity index (χ0v) is 11.8. The van der Waals surface area contributed by atoms with Crippen molar-refractivity contribution in [2.45, 2.75) is 31.2 Å². The Morgan fingerprint density at radius 3 is 2.63 bits per heavy atom. The van der Waals surface area contributed by atoms with Crippen molar-refractivity contribution in [2.75, 3.05) is 38.3 Å². The van der Waals surface area contributed by atoms with Gasteiger partial charge in [-0.05, 0) is 26.9 Å². The lowest BCUT2D eigenvalue weighted by atomic mass is 9.96. The lowest BCUT2D eigenvalue weighted by Crippen LogP contribution is -2.47. The van der Waals surface area contributed by atoms with Crippen molar-refractivity contribution in [3.63, 3.8) is 0 Å². The second kappa shape index (κ2) is 5.69. The number of hydrogen-bond acceptors (Lipinski definition) is 5. The average Bonchev–Trinajstić information content (AvgIpc) is 2.88. The van der Waals surface area contributed by atoms with E-state index in [1.54, 1.807) is 7.05 Å². The Morgan fingerprint density at radius 2 is 2.05 bits per heavy atom. The molecule has 0 atom stereocenters. The summed E-state index contributed by atoms with van der Waals surface area (Å²) in [5.41, 5.74) is 0.108. The predicted octanol–water partition coefficient (Wildman–Crippen LogP) is 1.94. The average molecular weight is 267 g/mol. The quantitative estimate of drug-likeness (QED) is 0.854. The third-order valence-corrected chi connectivity index (χ3v) is 4.04. The zero-order valence-electron chi connectivity index (χ0n) is 11.8. The molecule has 1 fully saturated rings. The third-order valence-electron chi connectivity index (χ3n) is 4.04. The summed E-state index contributed by atoms with van der Waals surface area (Å²) >= 11 is 0. The van der Waals surface area contributed by atoms with Gasteiger partial charge in [0.1, 0.15) is 0 Å². The van der Waals surface area contributed by atoms with E-state index in [1.807, 2.05) is 0 Å². The van der Waals surface area contributed by atoms with Gasteiger partial charge < -0.3 is 15.5 Å². The highest BCUT2D eigenvalue weighted by atomic mass is 19.1. The fourth-order valence-corrected chi connectivity index (χ4v) is 2.68. The number of anilines is 2. The van der Waals surface area contributed by atoms with Crippen LogP contribution in [0.1, 0.15) is 25.7 Å². The minimum atomic E-state index is -0.411. The normalized spacial score (nSPS) is 17.7. The van der Waals surface area contributed by atoms with Crippen molar-refractivity contribution in [3.8, 4) is 0 Å². The van der Waals surface area contributed by atoms with Gasteiger partial charge in [0.2, 0.25) is 5.95 Å². The Labute approximate surface area is 113 Å². The molecule has 1 aliphatic carbocycles. The van der Waals surface area contributed by atoms with E-state index in [4.69, 9.17) is 0 Å². The molecule has 0 spiro atoms. The minimum absolute atomic E-state index is 0.108. The fraction of sp³-hybridized carbons (Fsp3) is 0.692. The van der Waals surface area contributed by atoms with Gasteiger partial charge in [0.05, 0.1) is 6.20 Å². The molecule has 0 aromatic carbocycles. The summed E-state index contributed by atoms with van der Waals surface area (Å²) in [5.74, 6) is 0.285. The molecule has 0 amide bonds. The van der Waals surface area contributed by atoms with Gasteiger partial charge in [-0.2, -0.15) is 4.98 Å². The number of rotatable bonds is 5. The predicted molar refractivity (Wildman–Crippen MR) is 74.9 cm³/mol. The molecule has 2 N–H and O–H groups in total. The SMILES string of the molecule is CNc1ncc(F)c(NCC2(N(C)C)CCCC2)n1. The largest absolute Gasteiger partial charge is 0.366 e. The minimum Gasteiger partial charge on any atom is -0.366 e. The Kier molecular flexibility index (Phi) is 4.19. The molecule has 19 heavy (non-hydrogen) atoms. The number of aromatic nitrogens is 2. The summed E-state index contributed by atoms with van der Waals surface area (Å²) in [4.78, 5) is 10.2. The second-order valence-electron chi connectivity index (χ2n) is 5.32. The summed E-state index contributed by atoms with van der Waals surface area (Å²) in [6.07, 6.45) is 5.93. The molecule has 0 bridgehead atoms. The standard InChI is InChI=1S/C13H22FN5/c1-15-12-16-8-10(14)11(18-12)17-9-13(19(2)3)6-4-5-7-13/h8H,4-7,9H2,1-3H3,(H2,15,16,17,18). The molecule has 0 aliphatic heterocycles. The maximum atomic E-state index is 13.7. The Balaban J connectivity index is 2.09. The number of hydrogen-bond donors (Lipinski definition) is 2. The van der Waals surface area contributed by atoms with E-state index < -0.39 is 5.82 Å². The molecule has 5 nitrogen and oxygen atoms in total. The van der Waals surface area contributed by atoms with Crippen LogP contribution in [0.5, 0.6) is 0 Å². The van der Waals surface area contributed by atoms with E-state index in [-0.39, 0.29) is 11.4 Å². The molecule has 0 saturated heterocycles. The number of halogens is 1. The van der Waals surface area contributed by atoms with E-state index in [1.165, 1.54) is 19.0 Å². The lowest BCUT2D eigenvalue weighted by molar-refractivity contribution is 0.172. The van der Waals surface area contributed by atoms with Crippen LogP contribution in [0.4, 0.5) is 16.2 Å². The molecule has 1 aromatic rings. The Morgan fingerprint density at radius 1 is 1.37 bits per heavy atom. The van der Waals surface area contributed by atoms with Gasteiger partial charge in [-0.25, -0.2) is 9.37 Å². The Bertz CT molecular complexity index is 429. The van der Waals surface area contributed by atoms with Crippen molar-refractivity contribution in [1.29, 1.82) is 0 Å². The molecule has 1 saturated carbocycles. The van der Waals surface area contributed by atoms with Gasteiger partial charge in [0.15, 0.2) is 11.6 Å². The fourth-order valence-electron chi connectivity index (χ4n) is 2.68. The molecule has 106 valence electrons. The number of nitrogens with one attached hydrogen (secondary N) is 2. The molecule has 2 rings (SSSR count). The molecule has 1 heterocycles. The van der Waals surface area contributed by atoms with Gasteiger partial charge in [-0.15, -0.1) is 0 Å². The van der Waals surface area contributed by atoms with Crippen molar-refractivity contribution >= 4 is 11.8 Å². The summed E-state index contributed by atoms with van der Waals surface area (Å²) in [6.45, 7) is 0.705. The topological polar surface area (TPSA) is 53.1 Å². The van der Waals surface area contributed by atoms with Crippen LogP contribution >= 0.6 is 0 Å². The van der Waals surface area contributed by atoms with Crippen LogP contribution in [-0.4, -0.2) is 48.1 Å². The first-order valence-electron chi connectivity index (χ1n) is 6.69. The highest BCUT2D eigenvalue weighted by Gasteiger charge is 2.35. The van der Waals surface area contributed by atoms with Crippen molar-refractivity contribution in [3.05, 3.63) is 12.0 Å². The summed E-state index contributed by atoms with van der Waals surface area (Å²) in [5, 5.41) is 5.96. The summed E-state index contributed by atoms with van der Waals surface area (Å²) < 4.78 is 13.7.